The molecule has 98 valence electrons. The molecule has 0 radical (unpaired) electrons. The molecule has 0 bridgehead atoms. The van der Waals surface area contributed by atoms with E-state index >= 15 is 0 Å². The second-order valence-electron chi connectivity index (χ2n) is 4.61. The molecule has 0 spiro atoms. The summed E-state index contributed by atoms with van der Waals surface area (Å²) in [5, 5.41) is 12.1. The summed E-state index contributed by atoms with van der Waals surface area (Å²) in [6, 6.07) is 8.16. The number of pyridine rings is 1. The van der Waals surface area contributed by atoms with E-state index in [1.165, 1.54) is 5.56 Å². The van der Waals surface area contributed by atoms with Gasteiger partial charge in [0.15, 0.2) is 0 Å². The first kappa shape index (κ1) is 11.9. The molecular weight excluding hydrogens is 238 g/mol. The van der Waals surface area contributed by atoms with Crippen LogP contribution in [-0.2, 0) is 20.0 Å². The van der Waals surface area contributed by atoms with Crippen molar-refractivity contribution < 1.29 is 0 Å². The van der Waals surface area contributed by atoms with Crippen molar-refractivity contribution in [2.45, 2.75) is 13.0 Å². The predicted molar refractivity (Wildman–Crippen MR) is 73.8 cm³/mol. The van der Waals surface area contributed by atoms with Crippen molar-refractivity contribution in [2.75, 3.05) is 6.54 Å². The van der Waals surface area contributed by atoms with Crippen LogP contribution in [0.1, 0.15) is 11.3 Å². The summed E-state index contributed by atoms with van der Waals surface area (Å²) in [6.07, 6.45) is 6.80. The van der Waals surface area contributed by atoms with E-state index in [0.29, 0.717) is 0 Å². The quantitative estimate of drug-likeness (QED) is 0.701. The molecule has 5 nitrogen and oxygen atoms in total. The lowest BCUT2D eigenvalue weighted by Crippen LogP contribution is -2.16. The van der Waals surface area contributed by atoms with E-state index in [9.17, 15) is 0 Å². The van der Waals surface area contributed by atoms with Gasteiger partial charge in [0, 0.05) is 44.5 Å². The highest BCUT2D eigenvalue weighted by atomic mass is 15.2. The Bertz CT molecular complexity index is 667. The molecule has 0 unspecified atom stereocenters. The van der Waals surface area contributed by atoms with Crippen LogP contribution in [0.5, 0.6) is 0 Å². The molecule has 3 aromatic heterocycles. The smallest absolute Gasteiger partial charge is 0.0706 e. The van der Waals surface area contributed by atoms with Crippen LogP contribution < -0.4 is 5.32 Å². The van der Waals surface area contributed by atoms with Gasteiger partial charge < -0.3 is 5.32 Å². The maximum absolute atomic E-state index is 4.36. The molecule has 0 aliphatic rings. The lowest BCUT2D eigenvalue weighted by molar-refractivity contribution is 0.667. The molecule has 0 fully saturated rings. The third-order valence-electron chi connectivity index (χ3n) is 3.15. The molecule has 0 saturated carbocycles. The van der Waals surface area contributed by atoms with Crippen LogP contribution in [0.25, 0.3) is 5.52 Å². The Kier molecular flexibility index (Phi) is 3.29. The Morgan fingerprint density at radius 3 is 3.00 bits per heavy atom. The van der Waals surface area contributed by atoms with Crippen LogP contribution in [0.3, 0.4) is 0 Å². The Morgan fingerprint density at radius 2 is 2.16 bits per heavy atom. The van der Waals surface area contributed by atoms with Gasteiger partial charge in [-0.3, -0.25) is 4.68 Å². The zero-order chi connectivity index (χ0) is 13.1. The summed E-state index contributed by atoms with van der Waals surface area (Å²) in [7, 11) is 1.94. The van der Waals surface area contributed by atoms with Gasteiger partial charge in [-0.15, -0.1) is 0 Å². The second-order valence-corrected chi connectivity index (χ2v) is 4.61. The largest absolute Gasteiger partial charge is 0.312 e. The van der Waals surface area contributed by atoms with Crippen molar-refractivity contribution in [1.29, 1.82) is 0 Å². The second kappa shape index (κ2) is 5.24. The Morgan fingerprint density at radius 1 is 1.21 bits per heavy atom. The number of nitrogens with one attached hydrogen (secondary N) is 1. The molecule has 0 aromatic carbocycles. The molecule has 0 amide bonds. The van der Waals surface area contributed by atoms with Crippen molar-refractivity contribution in [2.24, 2.45) is 7.05 Å². The van der Waals surface area contributed by atoms with Crippen molar-refractivity contribution in [3.8, 4) is 0 Å². The number of aromatic nitrogens is 4. The van der Waals surface area contributed by atoms with Crippen LogP contribution in [0.2, 0.25) is 0 Å². The standard InChI is InChI=1S/C14H17N5/c1-18-9-6-13(17-18)5-7-15-10-12-11-16-19-8-3-2-4-14(12)19/h2-4,6,8-9,11,15H,5,7,10H2,1H3. The van der Waals surface area contributed by atoms with Crippen LogP contribution in [0.15, 0.2) is 42.9 Å². The van der Waals surface area contributed by atoms with E-state index in [-0.39, 0.29) is 0 Å². The lowest BCUT2D eigenvalue weighted by atomic mass is 10.2. The minimum atomic E-state index is 0.834. The summed E-state index contributed by atoms with van der Waals surface area (Å²) < 4.78 is 3.73. The maximum Gasteiger partial charge on any atom is 0.0706 e. The Balaban J connectivity index is 1.55. The number of fused-ring (bicyclic) bond motifs is 1. The summed E-state index contributed by atoms with van der Waals surface area (Å²) in [4.78, 5) is 0. The first-order valence-corrected chi connectivity index (χ1v) is 6.43. The minimum Gasteiger partial charge on any atom is -0.312 e. The SMILES string of the molecule is Cn1ccc(CCNCc2cnn3ccccc23)n1. The summed E-state index contributed by atoms with van der Waals surface area (Å²) in [5.41, 5.74) is 3.50. The van der Waals surface area contributed by atoms with Gasteiger partial charge in [-0.25, -0.2) is 4.52 Å². The van der Waals surface area contributed by atoms with E-state index in [1.54, 1.807) is 0 Å². The zero-order valence-electron chi connectivity index (χ0n) is 11.0. The van der Waals surface area contributed by atoms with E-state index in [2.05, 4.69) is 27.6 Å². The molecule has 0 saturated heterocycles. The molecule has 0 atom stereocenters. The topological polar surface area (TPSA) is 47.2 Å². The zero-order valence-corrected chi connectivity index (χ0v) is 11.0. The highest BCUT2D eigenvalue weighted by Crippen LogP contribution is 2.09. The Hall–Kier alpha value is -2.14. The molecule has 5 heteroatoms. The molecule has 1 N–H and O–H groups in total. The molecule has 3 rings (SSSR count). The van der Waals surface area contributed by atoms with Crippen LogP contribution in [-0.4, -0.2) is 25.9 Å². The molecular formula is C14H17N5. The van der Waals surface area contributed by atoms with Gasteiger partial charge in [0.05, 0.1) is 17.4 Å². The van der Waals surface area contributed by atoms with E-state index in [4.69, 9.17) is 0 Å². The van der Waals surface area contributed by atoms with Gasteiger partial charge in [0.2, 0.25) is 0 Å². The van der Waals surface area contributed by atoms with E-state index < -0.39 is 0 Å². The first-order valence-electron chi connectivity index (χ1n) is 6.43. The Labute approximate surface area is 111 Å². The number of rotatable bonds is 5. The van der Waals surface area contributed by atoms with Gasteiger partial charge >= 0.3 is 0 Å². The van der Waals surface area contributed by atoms with Crippen LogP contribution in [0.4, 0.5) is 0 Å². The molecule has 3 heterocycles. The minimum absolute atomic E-state index is 0.834. The third kappa shape index (κ3) is 2.66. The highest BCUT2D eigenvalue weighted by molar-refractivity contribution is 5.53. The van der Waals surface area contributed by atoms with E-state index in [0.717, 1.165) is 30.7 Å². The number of hydrogen-bond donors (Lipinski definition) is 1. The fourth-order valence-corrected chi connectivity index (χ4v) is 2.16. The number of aryl methyl sites for hydroxylation is 1. The average molecular weight is 255 g/mol. The maximum atomic E-state index is 4.36. The monoisotopic (exact) mass is 255 g/mol. The van der Waals surface area contributed by atoms with Gasteiger partial charge in [0.25, 0.3) is 0 Å². The summed E-state index contributed by atoms with van der Waals surface area (Å²) >= 11 is 0. The molecule has 0 aliphatic heterocycles. The van der Waals surface area contributed by atoms with Gasteiger partial charge in [-0.2, -0.15) is 10.2 Å². The van der Waals surface area contributed by atoms with Crippen LogP contribution >= 0.6 is 0 Å². The molecule has 3 aromatic rings. The van der Waals surface area contributed by atoms with Gasteiger partial charge in [-0.1, -0.05) is 6.07 Å². The first-order chi connectivity index (χ1) is 9.33. The third-order valence-corrected chi connectivity index (χ3v) is 3.15. The summed E-state index contributed by atoms with van der Waals surface area (Å²) in [5.74, 6) is 0. The van der Waals surface area contributed by atoms with Crippen molar-refractivity contribution >= 4 is 5.52 Å². The van der Waals surface area contributed by atoms with Gasteiger partial charge in [0.1, 0.15) is 0 Å². The number of nitrogens with zero attached hydrogens (tertiary/aromatic N) is 4. The molecule has 19 heavy (non-hydrogen) atoms. The average Bonchev–Trinajstić information content (AvgIpc) is 3.02. The fourth-order valence-electron chi connectivity index (χ4n) is 2.16. The number of hydrogen-bond acceptors (Lipinski definition) is 3. The predicted octanol–water partition coefficient (Wildman–Crippen LogP) is 1.40. The summed E-state index contributed by atoms with van der Waals surface area (Å²) in [6.45, 7) is 1.75. The van der Waals surface area contributed by atoms with Crippen molar-refractivity contribution in [3.05, 3.63) is 54.1 Å². The van der Waals surface area contributed by atoms with E-state index in [1.807, 2.05) is 47.0 Å². The van der Waals surface area contributed by atoms with Gasteiger partial charge in [-0.05, 0) is 18.2 Å². The lowest BCUT2D eigenvalue weighted by Gasteiger charge is -2.02. The van der Waals surface area contributed by atoms with Crippen molar-refractivity contribution in [1.82, 2.24) is 24.7 Å². The fraction of sp³-hybridized carbons (Fsp3) is 0.286. The molecule has 0 aliphatic carbocycles. The highest BCUT2D eigenvalue weighted by Gasteiger charge is 2.02. The normalized spacial score (nSPS) is 11.2. The van der Waals surface area contributed by atoms with Crippen molar-refractivity contribution in [3.63, 3.8) is 0 Å². The van der Waals surface area contributed by atoms with Crippen LogP contribution in [0, 0.1) is 0 Å².